The molecule has 2 aromatic carbocycles. The largest absolute Gasteiger partial charge is 0.506 e. The van der Waals surface area contributed by atoms with E-state index in [9.17, 15) is 14.3 Å². The van der Waals surface area contributed by atoms with E-state index < -0.39 is 5.82 Å². The van der Waals surface area contributed by atoms with E-state index in [1.54, 1.807) is 43.7 Å². The number of halogens is 2. The van der Waals surface area contributed by atoms with Gasteiger partial charge < -0.3 is 9.67 Å². The monoisotopic (exact) mass is 318 g/mol. The molecule has 0 atom stereocenters. The van der Waals surface area contributed by atoms with Crippen LogP contribution in [0.2, 0.25) is 5.02 Å². The van der Waals surface area contributed by atoms with Crippen molar-refractivity contribution in [2.75, 3.05) is 0 Å². The molecule has 0 saturated heterocycles. The number of phenols is 1. The van der Waals surface area contributed by atoms with Crippen LogP contribution in [0.4, 0.5) is 4.39 Å². The van der Waals surface area contributed by atoms with Gasteiger partial charge in [0.15, 0.2) is 0 Å². The zero-order chi connectivity index (χ0) is 15.9. The van der Waals surface area contributed by atoms with Gasteiger partial charge in [-0.15, -0.1) is 0 Å². The molecule has 1 aromatic heterocycles. The van der Waals surface area contributed by atoms with E-state index in [1.165, 1.54) is 15.2 Å². The average Bonchev–Trinajstić information content (AvgIpc) is 2.83. The number of rotatable bonds is 2. The minimum absolute atomic E-state index is 0.0432. The normalized spacial score (nSPS) is 10.9. The molecule has 0 bridgehead atoms. The number of imidazole rings is 1. The first-order valence-electron chi connectivity index (χ1n) is 6.50. The SMILES string of the molecule is Cn1ccn(-c2ccc(-c3cc(F)cc(Cl)c3O)cc2)c1=O. The third-order valence-corrected chi connectivity index (χ3v) is 3.72. The lowest BCUT2D eigenvalue weighted by molar-refractivity contribution is 0.475. The molecule has 0 amide bonds. The van der Waals surface area contributed by atoms with Crippen molar-refractivity contribution in [2.24, 2.45) is 7.05 Å². The Morgan fingerprint density at radius 1 is 1.14 bits per heavy atom. The number of aryl methyl sites for hydroxylation is 1. The topological polar surface area (TPSA) is 47.2 Å². The van der Waals surface area contributed by atoms with E-state index in [1.807, 2.05) is 0 Å². The molecule has 6 heteroatoms. The van der Waals surface area contributed by atoms with Gasteiger partial charge in [0.2, 0.25) is 0 Å². The number of benzene rings is 2. The lowest BCUT2D eigenvalue weighted by Crippen LogP contribution is -2.20. The molecule has 0 saturated carbocycles. The predicted octanol–water partition coefficient (Wildman–Crippen LogP) is 3.34. The van der Waals surface area contributed by atoms with Crippen molar-refractivity contribution in [1.82, 2.24) is 9.13 Å². The lowest BCUT2D eigenvalue weighted by Gasteiger charge is -2.08. The van der Waals surface area contributed by atoms with Crippen molar-refractivity contribution in [3.63, 3.8) is 0 Å². The Hall–Kier alpha value is -2.53. The van der Waals surface area contributed by atoms with Crippen LogP contribution in [0.25, 0.3) is 16.8 Å². The molecular weight excluding hydrogens is 307 g/mol. The average molecular weight is 319 g/mol. The highest BCUT2D eigenvalue weighted by atomic mass is 35.5. The zero-order valence-corrected chi connectivity index (χ0v) is 12.4. The van der Waals surface area contributed by atoms with Crippen LogP contribution in [0.15, 0.2) is 53.6 Å². The molecule has 0 radical (unpaired) electrons. The predicted molar refractivity (Wildman–Crippen MR) is 83.1 cm³/mol. The molecule has 0 unspecified atom stereocenters. The summed E-state index contributed by atoms with van der Waals surface area (Å²) in [5, 5.41) is 9.91. The van der Waals surface area contributed by atoms with Crippen LogP contribution in [0.1, 0.15) is 0 Å². The zero-order valence-electron chi connectivity index (χ0n) is 11.6. The highest BCUT2D eigenvalue weighted by Gasteiger charge is 2.11. The Morgan fingerprint density at radius 2 is 1.82 bits per heavy atom. The van der Waals surface area contributed by atoms with Crippen molar-refractivity contribution in [1.29, 1.82) is 0 Å². The third kappa shape index (κ3) is 2.40. The molecule has 3 aromatic rings. The maximum atomic E-state index is 13.4. The van der Waals surface area contributed by atoms with Crippen molar-refractivity contribution in [2.45, 2.75) is 0 Å². The summed E-state index contributed by atoms with van der Waals surface area (Å²) in [6.07, 6.45) is 3.32. The van der Waals surface area contributed by atoms with Gasteiger partial charge in [-0.1, -0.05) is 23.7 Å². The molecule has 0 fully saturated rings. The summed E-state index contributed by atoms with van der Waals surface area (Å²) >= 11 is 5.78. The van der Waals surface area contributed by atoms with Gasteiger partial charge >= 0.3 is 5.69 Å². The molecule has 4 nitrogen and oxygen atoms in total. The molecule has 1 N–H and O–H groups in total. The molecule has 1 heterocycles. The van der Waals surface area contributed by atoms with E-state index >= 15 is 0 Å². The number of nitrogens with zero attached hydrogens (tertiary/aromatic N) is 2. The van der Waals surface area contributed by atoms with Gasteiger partial charge in [0.25, 0.3) is 0 Å². The quantitative estimate of drug-likeness (QED) is 0.787. The van der Waals surface area contributed by atoms with Crippen LogP contribution in [0.5, 0.6) is 5.75 Å². The molecule has 22 heavy (non-hydrogen) atoms. The van der Waals surface area contributed by atoms with Gasteiger partial charge in [-0.3, -0.25) is 4.57 Å². The molecular formula is C16H12ClFN2O2. The summed E-state index contributed by atoms with van der Waals surface area (Å²) in [6.45, 7) is 0. The molecule has 3 rings (SSSR count). The van der Waals surface area contributed by atoms with E-state index in [-0.39, 0.29) is 16.5 Å². The number of aromatic nitrogens is 2. The summed E-state index contributed by atoms with van der Waals surface area (Å²) in [7, 11) is 1.67. The fourth-order valence-electron chi connectivity index (χ4n) is 2.25. The van der Waals surface area contributed by atoms with Crippen molar-refractivity contribution < 1.29 is 9.50 Å². The first-order chi connectivity index (χ1) is 10.5. The minimum atomic E-state index is -0.527. The summed E-state index contributed by atoms with van der Waals surface area (Å²) in [4.78, 5) is 11.9. The van der Waals surface area contributed by atoms with Crippen LogP contribution in [-0.2, 0) is 7.05 Å². The smallest absolute Gasteiger partial charge is 0.332 e. The maximum absolute atomic E-state index is 13.4. The standard InChI is InChI=1S/C16H12ClFN2O2/c1-19-6-7-20(16(19)22)12-4-2-10(3-5-12)13-8-11(18)9-14(17)15(13)21/h2-9,21H,1H3. The lowest BCUT2D eigenvalue weighted by atomic mass is 10.0. The Morgan fingerprint density at radius 3 is 2.41 bits per heavy atom. The fraction of sp³-hybridized carbons (Fsp3) is 0.0625. The Kier molecular flexibility index (Phi) is 3.50. The molecule has 0 aliphatic carbocycles. The second-order valence-electron chi connectivity index (χ2n) is 4.89. The van der Waals surface area contributed by atoms with Crippen molar-refractivity contribution >= 4 is 11.6 Å². The Balaban J connectivity index is 2.06. The fourth-order valence-corrected chi connectivity index (χ4v) is 2.45. The Labute approximate surface area is 130 Å². The van der Waals surface area contributed by atoms with Gasteiger partial charge in [-0.25, -0.2) is 9.18 Å². The summed E-state index contributed by atoms with van der Waals surface area (Å²) < 4.78 is 16.4. The number of aromatic hydroxyl groups is 1. The number of hydrogen-bond donors (Lipinski definition) is 1. The molecule has 0 spiro atoms. The van der Waals surface area contributed by atoms with Crippen LogP contribution in [0, 0.1) is 5.82 Å². The van der Waals surface area contributed by atoms with E-state index in [0.717, 1.165) is 6.07 Å². The molecule has 0 aliphatic heterocycles. The van der Waals surface area contributed by atoms with E-state index in [0.29, 0.717) is 16.8 Å². The van der Waals surface area contributed by atoms with Crippen molar-refractivity contribution in [3.8, 4) is 22.6 Å². The van der Waals surface area contributed by atoms with Crippen molar-refractivity contribution in [3.05, 3.63) is 70.1 Å². The highest BCUT2D eigenvalue weighted by molar-refractivity contribution is 6.32. The van der Waals surface area contributed by atoms with Gasteiger partial charge in [-0.2, -0.15) is 0 Å². The number of hydrogen-bond acceptors (Lipinski definition) is 2. The first kappa shape index (κ1) is 14.4. The summed E-state index contributed by atoms with van der Waals surface area (Å²) in [5.41, 5.74) is 1.42. The van der Waals surface area contributed by atoms with Crippen LogP contribution < -0.4 is 5.69 Å². The Bertz CT molecular complexity index is 897. The van der Waals surface area contributed by atoms with Gasteiger partial charge in [-0.05, 0) is 29.8 Å². The van der Waals surface area contributed by atoms with E-state index in [4.69, 9.17) is 11.6 Å². The van der Waals surface area contributed by atoms with Gasteiger partial charge in [0.1, 0.15) is 11.6 Å². The summed E-state index contributed by atoms with van der Waals surface area (Å²) in [5.74, 6) is -0.700. The second-order valence-corrected chi connectivity index (χ2v) is 5.30. The number of phenolic OH excluding ortho intramolecular Hbond substituents is 1. The van der Waals surface area contributed by atoms with Gasteiger partial charge in [0.05, 0.1) is 10.7 Å². The summed E-state index contributed by atoms with van der Waals surface area (Å²) in [6, 6.07) is 9.09. The van der Waals surface area contributed by atoms with Crippen LogP contribution >= 0.6 is 11.6 Å². The van der Waals surface area contributed by atoms with E-state index in [2.05, 4.69) is 0 Å². The minimum Gasteiger partial charge on any atom is -0.506 e. The maximum Gasteiger partial charge on any atom is 0.332 e. The molecule has 0 aliphatic rings. The van der Waals surface area contributed by atoms with Gasteiger partial charge in [0, 0.05) is 25.0 Å². The van der Waals surface area contributed by atoms with Crippen LogP contribution in [-0.4, -0.2) is 14.2 Å². The third-order valence-electron chi connectivity index (χ3n) is 3.43. The highest BCUT2D eigenvalue weighted by Crippen LogP contribution is 2.36. The first-order valence-corrected chi connectivity index (χ1v) is 6.88. The van der Waals surface area contributed by atoms with Crippen LogP contribution in [0.3, 0.4) is 0 Å². The molecule has 112 valence electrons. The second kappa shape index (κ2) is 5.35.